The van der Waals surface area contributed by atoms with E-state index in [4.69, 9.17) is 20.1 Å². The van der Waals surface area contributed by atoms with Crippen LogP contribution in [0.25, 0.3) is 34.2 Å². The van der Waals surface area contributed by atoms with Crippen molar-refractivity contribution in [3.8, 4) is 39.9 Å². The molecule has 5 heteroatoms. The van der Waals surface area contributed by atoms with E-state index in [1.54, 1.807) is 6.07 Å². The number of phenolic OH excluding ortho intramolecular Hbond substituents is 1. The lowest BCUT2D eigenvalue weighted by molar-refractivity contribution is 0.284. The van der Waals surface area contributed by atoms with Crippen LogP contribution in [0.2, 0.25) is 0 Å². The van der Waals surface area contributed by atoms with Gasteiger partial charge in [-0.25, -0.2) is 15.0 Å². The molecule has 5 nitrogen and oxygen atoms in total. The average molecular weight is 454 g/mol. The zero-order chi connectivity index (χ0) is 24.2. The van der Waals surface area contributed by atoms with Gasteiger partial charge in [0.2, 0.25) is 0 Å². The number of phenols is 1. The molecule has 4 rings (SSSR count). The highest BCUT2D eigenvalue weighted by molar-refractivity contribution is 5.70. The van der Waals surface area contributed by atoms with Crippen LogP contribution in [-0.4, -0.2) is 31.8 Å². The van der Waals surface area contributed by atoms with Gasteiger partial charge in [-0.2, -0.15) is 0 Å². The first kappa shape index (κ1) is 23.6. The van der Waals surface area contributed by atoms with Gasteiger partial charge in [0.1, 0.15) is 5.75 Å². The van der Waals surface area contributed by atoms with E-state index in [2.05, 4.69) is 64.1 Å². The third kappa shape index (κ3) is 5.49. The number of hydrogen-bond acceptors (Lipinski definition) is 5. The van der Waals surface area contributed by atoms with Crippen LogP contribution < -0.4 is 0 Å². The predicted octanol–water partition coefficient (Wildman–Crippen LogP) is 6.13. The maximum atomic E-state index is 10.9. The number of benzene rings is 3. The first-order valence-electron chi connectivity index (χ1n) is 11.7. The Hall–Kier alpha value is -3.57. The van der Waals surface area contributed by atoms with Crippen molar-refractivity contribution < 1.29 is 10.2 Å². The van der Waals surface area contributed by atoms with Gasteiger partial charge in [0, 0.05) is 17.7 Å². The van der Waals surface area contributed by atoms with Crippen LogP contribution in [0, 0.1) is 27.7 Å². The highest BCUT2D eigenvalue weighted by Crippen LogP contribution is 2.32. The Kier molecular flexibility index (Phi) is 7.03. The highest BCUT2D eigenvalue weighted by atomic mass is 16.3. The fourth-order valence-corrected chi connectivity index (χ4v) is 4.32. The maximum Gasteiger partial charge on any atom is 0.167 e. The molecule has 0 saturated heterocycles. The molecule has 34 heavy (non-hydrogen) atoms. The molecule has 0 saturated carbocycles. The molecule has 0 fully saturated rings. The molecule has 0 spiro atoms. The minimum atomic E-state index is 0.144. The molecule has 0 atom stereocenters. The van der Waals surface area contributed by atoms with Crippen LogP contribution in [0.15, 0.2) is 54.6 Å². The summed E-state index contributed by atoms with van der Waals surface area (Å²) in [6.45, 7) is 8.42. The number of aryl methyl sites for hydroxylation is 5. The van der Waals surface area contributed by atoms with Crippen LogP contribution >= 0.6 is 0 Å². The molecule has 0 aliphatic rings. The Morgan fingerprint density at radius 3 is 1.59 bits per heavy atom. The standard InChI is InChI=1S/C29H31N3O2/c1-18-11-19(2)14-23(13-18)27-30-28(24-15-20(3)12-21(4)16-24)32-29(31-27)25-9-8-22(17-26(25)34)7-5-6-10-33/h8-9,11-17,33-34H,5-7,10H2,1-4H3. The fraction of sp³-hybridized carbons (Fsp3) is 0.276. The fourth-order valence-electron chi connectivity index (χ4n) is 4.32. The van der Waals surface area contributed by atoms with E-state index in [-0.39, 0.29) is 12.4 Å². The van der Waals surface area contributed by atoms with E-state index in [1.165, 1.54) is 0 Å². The quantitative estimate of drug-likeness (QED) is 0.329. The van der Waals surface area contributed by atoms with Gasteiger partial charge in [-0.3, -0.25) is 0 Å². The minimum Gasteiger partial charge on any atom is -0.507 e. The number of aliphatic hydroxyl groups is 1. The summed E-state index contributed by atoms with van der Waals surface area (Å²) in [7, 11) is 0. The third-order valence-corrected chi connectivity index (χ3v) is 5.77. The van der Waals surface area contributed by atoms with Crippen molar-refractivity contribution in [1.29, 1.82) is 0 Å². The van der Waals surface area contributed by atoms with Crippen molar-refractivity contribution in [1.82, 2.24) is 15.0 Å². The van der Waals surface area contributed by atoms with Crippen molar-refractivity contribution in [2.24, 2.45) is 0 Å². The summed E-state index contributed by atoms with van der Waals surface area (Å²) in [4.78, 5) is 14.4. The number of aromatic nitrogens is 3. The number of aromatic hydroxyl groups is 1. The van der Waals surface area contributed by atoms with E-state index in [9.17, 15) is 5.11 Å². The van der Waals surface area contributed by atoms with Crippen molar-refractivity contribution in [2.45, 2.75) is 47.0 Å². The Labute approximate surface area is 201 Å². The summed E-state index contributed by atoms with van der Waals surface area (Å²) in [5.74, 6) is 1.75. The van der Waals surface area contributed by atoms with Crippen LogP contribution in [-0.2, 0) is 6.42 Å². The van der Waals surface area contributed by atoms with E-state index in [0.29, 0.717) is 23.0 Å². The molecule has 2 N–H and O–H groups in total. The maximum absolute atomic E-state index is 10.9. The summed E-state index contributed by atoms with van der Waals surface area (Å²) in [6, 6.07) is 18.2. The zero-order valence-corrected chi connectivity index (χ0v) is 20.3. The number of unbranched alkanes of at least 4 members (excludes halogenated alkanes) is 1. The molecule has 0 aliphatic carbocycles. The van der Waals surface area contributed by atoms with Gasteiger partial charge in [0.15, 0.2) is 17.5 Å². The molecule has 1 heterocycles. The number of nitrogens with zero attached hydrogens (tertiary/aromatic N) is 3. The van der Waals surface area contributed by atoms with Gasteiger partial charge in [0.25, 0.3) is 0 Å². The Balaban J connectivity index is 1.85. The van der Waals surface area contributed by atoms with Crippen molar-refractivity contribution >= 4 is 0 Å². The monoisotopic (exact) mass is 453 g/mol. The van der Waals surface area contributed by atoms with Crippen LogP contribution in [0.5, 0.6) is 5.75 Å². The van der Waals surface area contributed by atoms with Gasteiger partial charge in [-0.15, -0.1) is 0 Å². The van der Waals surface area contributed by atoms with Gasteiger partial charge in [-0.1, -0.05) is 40.5 Å². The van der Waals surface area contributed by atoms with E-state index < -0.39 is 0 Å². The molecule has 174 valence electrons. The van der Waals surface area contributed by atoms with Crippen LogP contribution in [0.4, 0.5) is 0 Å². The summed E-state index contributed by atoms with van der Waals surface area (Å²) < 4.78 is 0. The lowest BCUT2D eigenvalue weighted by Gasteiger charge is -2.12. The molecule has 0 unspecified atom stereocenters. The van der Waals surface area contributed by atoms with E-state index in [1.807, 2.05) is 12.1 Å². The van der Waals surface area contributed by atoms with Crippen LogP contribution in [0.3, 0.4) is 0 Å². The molecule has 0 aliphatic heterocycles. The van der Waals surface area contributed by atoms with E-state index >= 15 is 0 Å². The molecule has 0 radical (unpaired) electrons. The number of rotatable bonds is 7. The summed E-state index contributed by atoms with van der Waals surface area (Å²) in [6.07, 6.45) is 2.41. The Morgan fingerprint density at radius 1 is 0.618 bits per heavy atom. The summed E-state index contributed by atoms with van der Waals surface area (Å²) in [5.41, 5.74) is 8.00. The van der Waals surface area contributed by atoms with E-state index in [0.717, 1.165) is 58.2 Å². The Bertz CT molecular complexity index is 1220. The Morgan fingerprint density at radius 2 is 1.12 bits per heavy atom. The zero-order valence-electron chi connectivity index (χ0n) is 20.3. The van der Waals surface area contributed by atoms with Crippen molar-refractivity contribution in [3.05, 3.63) is 82.4 Å². The molecule has 0 amide bonds. The number of aliphatic hydroxyl groups excluding tert-OH is 1. The van der Waals surface area contributed by atoms with Gasteiger partial charge in [0.05, 0.1) is 5.56 Å². The number of hydrogen-bond donors (Lipinski definition) is 2. The van der Waals surface area contributed by atoms with Crippen molar-refractivity contribution in [3.63, 3.8) is 0 Å². The van der Waals surface area contributed by atoms with Crippen LogP contribution in [0.1, 0.15) is 40.7 Å². The average Bonchev–Trinajstić information content (AvgIpc) is 2.78. The van der Waals surface area contributed by atoms with Gasteiger partial charge >= 0.3 is 0 Å². The normalized spacial score (nSPS) is 11.1. The smallest absolute Gasteiger partial charge is 0.167 e. The van der Waals surface area contributed by atoms with Gasteiger partial charge < -0.3 is 10.2 Å². The molecule has 4 aromatic rings. The molecular weight excluding hydrogens is 422 g/mol. The molecule has 3 aromatic carbocycles. The van der Waals surface area contributed by atoms with Gasteiger partial charge in [-0.05, 0) is 88.9 Å². The molecule has 0 bridgehead atoms. The second-order valence-corrected chi connectivity index (χ2v) is 9.09. The topological polar surface area (TPSA) is 79.1 Å². The molecular formula is C29H31N3O2. The lowest BCUT2D eigenvalue weighted by Crippen LogP contribution is -2.01. The first-order valence-corrected chi connectivity index (χ1v) is 11.7. The highest BCUT2D eigenvalue weighted by Gasteiger charge is 2.16. The summed E-state index contributed by atoms with van der Waals surface area (Å²) in [5, 5.41) is 19.9. The first-order chi connectivity index (χ1) is 16.3. The lowest BCUT2D eigenvalue weighted by atomic mass is 10.0. The predicted molar refractivity (Wildman–Crippen MR) is 137 cm³/mol. The second kappa shape index (κ2) is 10.1. The largest absolute Gasteiger partial charge is 0.507 e. The summed E-state index contributed by atoms with van der Waals surface area (Å²) >= 11 is 0. The second-order valence-electron chi connectivity index (χ2n) is 9.09. The van der Waals surface area contributed by atoms with Crippen molar-refractivity contribution in [2.75, 3.05) is 6.61 Å². The third-order valence-electron chi connectivity index (χ3n) is 5.77. The SMILES string of the molecule is Cc1cc(C)cc(-c2nc(-c3cc(C)cc(C)c3)nc(-c3ccc(CCCCO)cc3O)n2)c1. The minimum absolute atomic E-state index is 0.144. The molecule has 1 aromatic heterocycles.